The van der Waals surface area contributed by atoms with Gasteiger partial charge in [-0.1, -0.05) is 30.6 Å². The number of nitrogens with two attached hydrogens (primary N) is 1. The first-order valence-electron chi connectivity index (χ1n) is 11.6. The molecule has 0 saturated carbocycles. The molecule has 0 aliphatic heterocycles. The van der Waals surface area contributed by atoms with Crippen LogP contribution in [0.15, 0.2) is 47.6 Å². The van der Waals surface area contributed by atoms with Crippen molar-refractivity contribution in [3.05, 3.63) is 70.7 Å². The van der Waals surface area contributed by atoms with Crippen molar-refractivity contribution in [3.63, 3.8) is 0 Å². The summed E-state index contributed by atoms with van der Waals surface area (Å²) >= 11 is 6.42. The fraction of sp³-hybridized carbons (Fsp3) is 0.200. The summed E-state index contributed by atoms with van der Waals surface area (Å²) in [6.45, 7) is 4.79. The number of pyridine rings is 1. The third kappa shape index (κ3) is 4.12. The highest BCUT2D eigenvalue weighted by Gasteiger charge is 2.17. The van der Waals surface area contributed by atoms with Crippen LogP contribution in [-0.4, -0.2) is 40.6 Å². The molecule has 6 aromatic rings. The molecule has 11 nitrogen and oxygen atoms in total. The lowest BCUT2D eigenvalue weighted by Crippen LogP contribution is -2.23. The first kappa shape index (κ1) is 22.9. The Morgan fingerprint density at radius 2 is 2.05 bits per heavy atom. The lowest BCUT2D eigenvalue weighted by Gasteiger charge is -2.07. The van der Waals surface area contributed by atoms with E-state index in [1.165, 1.54) is 12.5 Å². The Balaban J connectivity index is 1.25. The predicted molar refractivity (Wildman–Crippen MR) is 139 cm³/mol. The molecule has 0 radical (unpaired) electrons. The Labute approximate surface area is 215 Å². The Bertz CT molecular complexity index is 1800. The van der Waals surface area contributed by atoms with E-state index < -0.39 is 0 Å². The Morgan fingerprint density at radius 1 is 1.19 bits per heavy atom. The Hall–Kier alpha value is -4.51. The van der Waals surface area contributed by atoms with Crippen LogP contribution in [0, 0.1) is 0 Å². The zero-order chi connectivity index (χ0) is 25.7. The second-order valence-corrected chi connectivity index (χ2v) is 9.55. The fourth-order valence-corrected chi connectivity index (χ4v) is 4.67. The number of amides is 1. The number of rotatable bonds is 6. The van der Waals surface area contributed by atoms with Crippen molar-refractivity contribution in [2.24, 2.45) is 0 Å². The molecule has 0 atom stereocenters. The van der Waals surface area contributed by atoms with Gasteiger partial charge in [-0.25, -0.2) is 19.9 Å². The average Bonchev–Trinajstić information content (AvgIpc) is 3.59. The molecule has 0 spiro atoms. The van der Waals surface area contributed by atoms with Crippen molar-refractivity contribution >= 4 is 56.5 Å². The Morgan fingerprint density at radius 3 is 2.89 bits per heavy atom. The van der Waals surface area contributed by atoms with Gasteiger partial charge < -0.3 is 25.1 Å². The Kier molecular flexibility index (Phi) is 5.49. The number of hydrogen-bond donors (Lipinski definition) is 3. The predicted octanol–water partition coefficient (Wildman–Crippen LogP) is 4.18. The van der Waals surface area contributed by atoms with Crippen molar-refractivity contribution in [2.45, 2.75) is 32.9 Å². The molecule has 0 fully saturated rings. The van der Waals surface area contributed by atoms with Crippen LogP contribution in [0.4, 0.5) is 5.82 Å². The lowest BCUT2D eigenvalue weighted by atomic mass is 10.1. The SMILES string of the molecule is CC(C)c1noc2ncc(C(=O)NCc3cc4cc(Cl)cc(Cn5cnc6c(N)ncnc65)c4[nH]3)cc12. The summed E-state index contributed by atoms with van der Waals surface area (Å²) in [4.78, 5) is 33.2. The van der Waals surface area contributed by atoms with Crippen molar-refractivity contribution in [1.82, 2.24) is 40.0 Å². The molecule has 5 heterocycles. The normalized spacial score (nSPS) is 11.8. The number of nitrogens with zero attached hydrogens (tertiary/aromatic N) is 6. The molecule has 0 aliphatic rings. The molecule has 5 aromatic heterocycles. The summed E-state index contributed by atoms with van der Waals surface area (Å²) in [5.74, 6) is 0.236. The van der Waals surface area contributed by atoms with E-state index in [4.69, 9.17) is 21.9 Å². The topological polar surface area (TPSA) is 153 Å². The molecule has 0 aliphatic carbocycles. The van der Waals surface area contributed by atoms with E-state index in [-0.39, 0.29) is 11.8 Å². The van der Waals surface area contributed by atoms with Crippen molar-refractivity contribution < 1.29 is 9.32 Å². The molecule has 0 bridgehead atoms. The maximum absolute atomic E-state index is 12.9. The summed E-state index contributed by atoms with van der Waals surface area (Å²) in [6.07, 6.45) is 4.58. The van der Waals surface area contributed by atoms with Crippen LogP contribution in [0.25, 0.3) is 33.2 Å². The fourth-order valence-electron chi connectivity index (χ4n) is 4.42. The molecule has 0 unspecified atom stereocenters. The number of aromatic amines is 1. The van der Waals surface area contributed by atoms with Crippen LogP contribution in [0.3, 0.4) is 0 Å². The van der Waals surface area contributed by atoms with Crippen LogP contribution in [0.5, 0.6) is 0 Å². The minimum absolute atomic E-state index is 0.152. The molecule has 6 rings (SSSR count). The number of fused-ring (bicyclic) bond motifs is 3. The maximum Gasteiger partial charge on any atom is 0.257 e. The summed E-state index contributed by atoms with van der Waals surface area (Å²) in [6, 6.07) is 7.50. The number of nitrogens with one attached hydrogen (secondary N) is 2. The molecule has 1 amide bonds. The van der Waals surface area contributed by atoms with Gasteiger partial charge in [-0.2, -0.15) is 0 Å². The summed E-state index contributed by atoms with van der Waals surface area (Å²) in [5, 5.41) is 9.30. The van der Waals surface area contributed by atoms with Gasteiger partial charge in [0, 0.05) is 22.3 Å². The smallest absolute Gasteiger partial charge is 0.257 e. The number of nitrogen functional groups attached to an aromatic ring is 1. The number of aromatic nitrogens is 7. The van der Waals surface area contributed by atoms with E-state index in [9.17, 15) is 4.79 Å². The maximum atomic E-state index is 12.9. The molecule has 186 valence electrons. The van der Waals surface area contributed by atoms with Crippen LogP contribution in [-0.2, 0) is 13.1 Å². The van der Waals surface area contributed by atoms with Crippen molar-refractivity contribution in [2.75, 3.05) is 5.73 Å². The number of benzene rings is 1. The number of hydrogen-bond acceptors (Lipinski definition) is 8. The monoisotopic (exact) mass is 515 g/mol. The second-order valence-electron chi connectivity index (χ2n) is 9.11. The highest BCUT2D eigenvalue weighted by atomic mass is 35.5. The molecule has 37 heavy (non-hydrogen) atoms. The minimum Gasteiger partial charge on any atom is -0.382 e. The highest BCUT2D eigenvalue weighted by Crippen LogP contribution is 2.27. The third-order valence-electron chi connectivity index (χ3n) is 6.21. The van der Waals surface area contributed by atoms with Gasteiger partial charge in [0.05, 0.1) is 41.6 Å². The van der Waals surface area contributed by atoms with E-state index >= 15 is 0 Å². The van der Waals surface area contributed by atoms with E-state index in [2.05, 4.69) is 35.4 Å². The van der Waals surface area contributed by atoms with Crippen LogP contribution < -0.4 is 11.1 Å². The molecule has 12 heteroatoms. The van der Waals surface area contributed by atoms with Gasteiger partial charge in [0.15, 0.2) is 11.5 Å². The first-order valence-corrected chi connectivity index (χ1v) is 12.0. The van der Waals surface area contributed by atoms with E-state index in [1.807, 2.05) is 36.6 Å². The molecular formula is C25H22ClN9O2. The summed E-state index contributed by atoms with van der Waals surface area (Å²) < 4.78 is 7.16. The van der Waals surface area contributed by atoms with E-state index in [0.29, 0.717) is 46.4 Å². The zero-order valence-corrected chi connectivity index (χ0v) is 20.7. The van der Waals surface area contributed by atoms with Gasteiger partial charge in [-0.05, 0) is 35.7 Å². The number of carbonyl (C=O) groups is 1. The van der Waals surface area contributed by atoms with E-state index in [0.717, 1.165) is 33.2 Å². The second kappa shape index (κ2) is 8.86. The number of H-pyrrole nitrogens is 1. The summed E-state index contributed by atoms with van der Waals surface area (Å²) in [7, 11) is 0. The van der Waals surface area contributed by atoms with Crippen LogP contribution in [0.1, 0.15) is 47.1 Å². The largest absolute Gasteiger partial charge is 0.382 e. The first-order chi connectivity index (χ1) is 17.9. The average molecular weight is 516 g/mol. The molecule has 0 saturated heterocycles. The highest BCUT2D eigenvalue weighted by molar-refractivity contribution is 6.31. The molecule has 1 aromatic carbocycles. The van der Waals surface area contributed by atoms with Gasteiger partial charge in [-0.15, -0.1) is 0 Å². The quantitative estimate of drug-likeness (QED) is 0.298. The van der Waals surface area contributed by atoms with E-state index in [1.54, 1.807) is 12.4 Å². The van der Waals surface area contributed by atoms with Crippen molar-refractivity contribution in [1.29, 1.82) is 0 Å². The third-order valence-corrected chi connectivity index (χ3v) is 6.43. The summed E-state index contributed by atoms with van der Waals surface area (Å²) in [5.41, 5.74) is 11.4. The number of anilines is 1. The number of carbonyl (C=O) groups excluding carboxylic acids is 1. The molecular weight excluding hydrogens is 494 g/mol. The number of halogens is 1. The molecule has 4 N–H and O–H groups in total. The van der Waals surface area contributed by atoms with Gasteiger partial charge in [0.1, 0.15) is 11.8 Å². The van der Waals surface area contributed by atoms with Gasteiger partial charge >= 0.3 is 0 Å². The van der Waals surface area contributed by atoms with Crippen LogP contribution >= 0.6 is 11.6 Å². The van der Waals surface area contributed by atoms with Gasteiger partial charge in [0.2, 0.25) is 0 Å². The van der Waals surface area contributed by atoms with Gasteiger partial charge in [0.25, 0.3) is 11.6 Å². The minimum atomic E-state index is -0.246. The standard InChI is InChI=1S/C25H22ClN9O2/c1-12(2)19-18-6-14(7-29-25(18)37-34-19)24(36)28-8-17-5-13-3-16(26)4-15(20(13)33-17)9-35-11-32-21-22(27)30-10-31-23(21)35/h3-7,10-12,33H,8-9H2,1-2H3,(H,28,36)(H2,27,30,31). The van der Waals surface area contributed by atoms with Crippen LogP contribution in [0.2, 0.25) is 5.02 Å². The zero-order valence-electron chi connectivity index (χ0n) is 20.0. The lowest BCUT2D eigenvalue weighted by molar-refractivity contribution is 0.0950. The van der Waals surface area contributed by atoms with Gasteiger partial charge in [-0.3, -0.25) is 4.79 Å². The van der Waals surface area contributed by atoms with Crippen molar-refractivity contribution in [3.8, 4) is 0 Å². The number of imidazole rings is 1.